The highest BCUT2D eigenvalue weighted by molar-refractivity contribution is 5.76. The monoisotopic (exact) mass is 549 g/mol. The molecular weight excluding hydrogens is 510 g/mol. The average molecular weight is 550 g/mol. The summed E-state index contributed by atoms with van der Waals surface area (Å²) in [6, 6.07) is 18.5. The van der Waals surface area contributed by atoms with E-state index >= 15 is 0 Å². The van der Waals surface area contributed by atoms with E-state index in [2.05, 4.69) is 96.8 Å². The first-order chi connectivity index (χ1) is 19.8. The topological polar surface area (TPSA) is 94.3 Å². The van der Waals surface area contributed by atoms with Crippen LogP contribution in [0.1, 0.15) is 76.3 Å². The van der Waals surface area contributed by atoms with Crippen molar-refractivity contribution in [2.24, 2.45) is 0 Å². The van der Waals surface area contributed by atoms with Crippen LogP contribution >= 0.6 is 0 Å². The number of aromatic amines is 1. The second-order valence-corrected chi connectivity index (χ2v) is 11.6. The molecule has 0 aliphatic heterocycles. The van der Waals surface area contributed by atoms with E-state index in [4.69, 9.17) is 0 Å². The van der Waals surface area contributed by atoms with Gasteiger partial charge in [0.25, 0.3) is 0 Å². The Kier molecular flexibility index (Phi) is 8.28. The van der Waals surface area contributed by atoms with Crippen LogP contribution < -0.4 is 5.69 Å². The Balaban J connectivity index is 1.54. The summed E-state index contributed by atoms with van der Waals surface area (Å²) in [5, 5.41) is 14.5. The molecule has 0 aliphatic rings. The summed E-state index contributed by atoms with van der Waals surface area (Å²) in [7, 11) is 0. The van der Waals surface area contributed by atoms with Gasteiger partial charge < -0.3 is 0 Å². The summed E-state index contributed by atoms with van der Waals surface area (Å²) in [6.45, 7) is 11.5. The minimum Gasteiger partial charge on any atom is -0.292 e. The van der Waals surface area contributed by atoms with Crippen molar-refractivity contribution in [1.82, 2.24) is 34.7 Å². The van der Waals surface area contributed by atoms with Crippen LogP contribution in [0.2, 0.25) is 0 Å². The summed E-state index contributed by atoms with van der Waals surface area (Å²) in [6.07, 6.45) is 8.76. The van der Waals surface area contributed by atoms with Gasteiger partial charge in [-0.05, 0) is 58.7 Å². The molecule has 0 amide bonds. The highest BCUT2D eigenvalue weighted by Gasteiger charge is 2.24. The predicted molar refractivity (Wildman–Crippen MR) is 163 cm³/mol. The molecule has 0 bridgehead atoms. The third kappa shape index (κ3) is 5.92. The normalized spacial score (nSPS) is 11.7. The molecule has 5 aromatic rings. The smallest absolute Gasteiger partial charge is 0.292 e. The zero-order valence-corrected chi connectivity index (χ0v) is 24.7. The summed E-state index contributed by atoms with van der Waals surface area (Å²) in [5.74, 6) is 0.503. The van der Waals surface area contributed by atoms with Crippen LogP contribution in [-0.2, 0) is 24.8 Å². The summed E-state index contributed by atoms with van der Waals surface area (Å²) < 4.78 is 3.86. The number of imidazole rings is 1. The summed E-state index contributed by atoms with van der Waals surface area (Å²) in [5.41, 5.74) is 8.05. The van der Waals surface area contributed by atoms with Crippen LogP contribution in [0, 0.1) is 0 Å². The number of benzene rings is 2. The Hall–Kier alpha value is -4.33. The van der Waals surface area contributed by atoms with Crippen molar-refractivity contribution >= 4 is 0 Å². The van der Waals surface area contributed by atoms with Gasteiger partial charge in [0.1, 0.15) is 0 Å². The lowest BCUT2D eigenvalue weighted by atomic mass is 9.84. The molecule has 212 valence electrons. The zero-order chi connectivity index (χ0) is 29.0. The first-order valence-electron chi connectivity index (χ1n) is 14.5. The molecule has 0 saturated carbocycles. The van der Waals surface area contributed by atoms with Crippen LogP contribution in [0.25, 0.3) is 28.3 Å². The Morgan fingerprint density at radius 1 is 0.927 bits per heavy atom. The fraction of sp³-hybridized carbons (Fsp3) is 0.364. The van der Waals surface area contributed by atoms with Crippen LogP contribution in [0.5, 0.6) is 0 Å². The Morgan fingerprint density at radius 2 is 1.73 bits per heavy atom. The number of para-hydroxylation sites is 1. The van der Waals surface area contributed by atoms with Crippen molar-refractivity contribution in [3.8, 4) is 28.3 Å². The van der Waals surface area contributed by atoms with Gasteiger partial charge in [0.2, 0.25) is 5.82 Å². The van der Waals surface area contributed by atoms with Crippen molar-refractivity contribution < 1.29 is 0 Å². The number of H-pyrrole nitrogens is 1. The molecule has 0 aliphatic carbocycles. The molecule has 41 heavy (non-hydrogen) atoms. The van der Waals surface area contributed by atoms with Gasteiger partial charge >= 0.3 is 5.69 Å². The van der Waals surface area contributed by atoms with Crippen LogP contribution in [-0.4, -0.2) is 34.7 Å². The Morgan fingerprint density at radius 3 is 2.41 bits per heavy atom. The molecular formula is C33H39N7O. The van der Waals surface area contributed by atoms with Crippen molar-refractivity contribution in [3.63, 3.8) is 0 Å². The Labute approximate surface area is 241 Å². The molecule has 0 unspecified atom stereocenters. The predicted octanol–water partition coefficient (Wildman–Crippen LogP) is 6.52. The number of aromatic nitrogens is 7. The van der Waals surface area contributed by atoms with Crippen LogP contribution in [0.3, 0.4) is 0 Å². The van der Waals surface area contributed by atoms with E-state index in [0.29, 0.717) is 12.4 Å². The number of unbranched alkanes of at least 4 members (excludes halogenated alkanes) is 1. The van der Waals surface area contributed by atoms with Gasteiger partial charge in [0.05, 0.1) is 17.9 Å². The lowest BCUT2D eigenvalue weighted by molar-refractivity contribution is 0.583. The van der Waals surface area contributed by atoms with E-state index in [1.165, 1.54) is 11.1 Å². The fourth-order valence-electron chi connectivity index (χ4n) is 5.41. The minimum absolute atomic E-state index is 0.0124. The van der Waals surface area contributed by atoms with Crippen LogP contribution in [0.15, 0.2) is 71.8 Å². The number of aryl methyl sites for hydroxylation is 2. The molecule has 0 atom stereocenters. The summed E-state index contributed by atoms with van der Waals surface area (Å²) >= 11 is 0. The average Bonchev–Trinajstić information content (AvgIpc) is 3.61. The number of hydrogen-bond donors (Lipinski definition) is 1. The van der Waals surface area contributed by atoms with E-state index in [9.17, 15) is 4.79 Å². The maximum atomic E-state index is 14.2. The number of pyridine rings is 1. The second-order valence-electron chi connectivity index (χ2n) is 11.6. The second kappa shape index (κ2) is 12.0. The number of tetrazole rings is 1. The highest BCUT2D eigenvalue weighted by Crippen LogP contribution is 2.32. The van der Waals surface area contributed by atoms with Crippen molar-refractivity contribution in [1.29, 1.82) is 0 Å². The quantitative estimate of drug-likeness (QED) is 0.214. The third-order valence-corrected chi connectivity index (χ3v) is 7.50. The molecule has 0 saturated heterocycles. The lowest BCUT2D eigenvalue weighted by Crippen LogP contribution is -2.27. The molecule has 3 aromatic heterocycles. The molecule has 2 aromatic carbocycles. The van der Waals surface area contributed by atoms with Gasteiger partial charge in [0, 0.05) is 29.2 Å². The van der Waals surface area contributed by atoms with E-state index in [1.54, 1.807) is 6.20 Å². The van der Waals surface area contributed by atoms with Crippen molar-refractivity contribution in [3.05, 3.63) is 99.9 Å². The molecule has 8 heteroatoms. The van der Waals surface area contributed by atoms with Gasteiger partial charge in [-0.1, -0.05) is 89.9 Å². The third-order valence-electron chi connectivity index (χ3n) is 7.50. The standard InChI is InChI=1S/C33H39N7O/c1-6-8-13-26-22-40(30-25(11-7-2)12-9-15-28(30)33(3,4)5)32(41)39(26)21-23-16-18-24(19-17-23)29-27(14-10-20-34-29)31-35-37-38-36-31/h9-10,12,14-20,22H,6-8,11,13,21H2,1-5H3,(H,35,36,37,38). The van der Waals surface area contributed by atoms with Gasteiger partial charge in [-0.3, -0.25) is 14.1 Å². The molecule has 0 fully saturated rings. The number of nitrogens with zero attached hydrogens (tertiary/aromatic N) is 6. The number of rotatable bonds is 10. The van der Waals surface area contributed by atoms with E-state index in [0.717, 1.165) is 65.9 Å². The molecule has 5 rings (SSSR count). The van der Waals surface area contributed by atoms with E-state index in [1.807, 2.05) is 33.4 Å². The fourth-order valence-corrected chi connectivity index (χ4v) is 5.41. The maximum absolute atomic E-state index is 14.2. The zero-order valence-electron chi connectivity index (χ0n) is 24.7. The lowest BCUT2D eigenvalue weighted by Gasteiger charge is -2.25. The molecule has 8 nitrogen and oxygen atoms in total. The summed E-state index contributed by atoms with van der Waals surface area (Å²) in [4.78, 5) is 18.7. The molecule has 3 heterocycles. The minimum atomic E-state index is -0.0914. The van der Waals surface area contributed by atoms with Crippen molar-refractivity contribution in [2.45, 2.75) is 78.7 Å². The number of nitrogens with one attached hydrogen (secondary N) is 1. The van der Waals surface area contributed by atoms with E-state index in [-0.39, 0.29) is 11.1 Å². The van der Waals surface area contributed by atoms with Gasteiger partial charge in [-0.2, -0.15) is 5.21 Å². The largest absolute Gasteiger partial charge is 0.333 e. The van der Waals surface area contributed by atoms with Gasteiger partial charge in [0.15, 0.2) is 0 Å². The number of hydrogen-bond acceptors (Lipinski definition) is 5. The Bertz CT molecular complexity index is 1660. The molecule has 0 radical (unpaired) electrons. The van der Waals surface area contributed by atoms with Gasteiger partial charge in [-0.15, -0.1) is 10.2 Å². The first kappa shape index (κ1) is 28.2. The van der Waals surface area contributed by atoms with E-state index < -0.39 is 0 Å². The molecule has 0 spiro atoms. The van der Waals surface area contributed by atoms with Crippen molar-refractivity contribution in [2.75, 3.05) is 0 Å². The molecule has 1 N–H and O–H groups in total. The van der Waals surface area contributed by atoms with Gasteiger partial charge in [-0.25, -0.2) is 4.79 Å². The SMILES string of the molecule is CCCCc1cn(-c2c(CCC)cccc2C(C)(C)C)c(=O)n1Cc1ccc(-c2ncccc2-c2nn[nH]n2)cc1. The maximum Gasteiger partial charge on any atom is 0.333 e. The first-order valence-corrected chi connectivity index (χ1v) is 14.5. The van der Waals surface area contributed by atoms with Crippen LogP contribution in [0.4, 0.5) is 0 Å². The highest BCUT2D eigenvalue weighted by atomic mass is 16.1.